The molecule has 6 N–H and O–H groups in total. The van der Waals surface area contributed by atoms with Crippen LogP contribution in [-0.4, -0.2) is 38.7 Å². The number of aliphatic carboxylic acids is 1. The van der Waals surface area contributed by atoms with Gasteiger partial charge in [-0.15, -0.1) is 0 Å². The highest BCUT2D eigenvalue weighted by Gasteiger charge is 2.37. The van der Waals surface area contributed by atoms with Crippen molar-refractivity contribution in [2.75, 3.05) is 6.54 Å². The van der Waals surface area contributed by atoms with E-state index in [-0.39, 0.29) is 24.8 Å². The first kappa shape index (κ1) is 27.7. The summed E-state index contributed by atoms with van der Waals surface area (Å²) in [6, 6.07) is 17.6. The fourth-order valence-corrected chi connectivity index (χ4v) is 8.13. The maximum atomic E-state index is 12.0. The predicted molar refractivity (Wildman–Crippen MR) is 150 cm³/mol. The summed E-state index contributed by atoms with van der Waals surface area (Å²) in [4.78, 5) is 23.9. The Morgan fingerprint density at radius 1 is 1.08 bits per heavy atom. The number of fused-ring (bicyclic) bond motifs is 1. The van der Waals surface area contributed by atoms with Crippen molar-refractivity contribution in [3.8, 4) is 5.75 Å². The molecule has 0 bridgehead atoms. The third-order valence-corrected chi connectivity index (χ3v) is 10.5. The van der Waals surface area contributed by atoms with E-state index in [1.165, 1.54) is 0 Å². The second-order valence-electron chi connectivity index (χ2n) is 10.1. The Hall–Kier alpha value is -3.37. The van der Waals surface area contributed by atoms with Gasteiger partial charge in [-0.3, -0.25) is 9.59 Å². The van der Waals surface area contributed by atoms with Crippen LogP contribution in [0.3, 0.4) is 0 Å². The quantitative estimate of drug-likeness (QED) is 0.214. The molecule has 0 radical (unpaired) electrons. The summed E-state index contributed by atoms with van der Waals surface area (Å²) in [5.74, 6) is -1.65. The van der Waals surface area contributed by atoms with Gasteiger partial charge in [0.15, 0.2) is 0 Å². The second-order valence-corrected chi connectivity index (χ2v) is 13.6. The highest BCUT2D eigenvalue weighted by molar-refractivity contribution is 8.38. The molecule has 4 rings (SSSR count). The van der Waals surface area contributed by atoms with E-state index in [4.69, 9.17) is 10.5 Å². The van der Waals surface area contributed by atoms with Crippen molar-refractivity contribution in [3.05, 3.63) is 94.0 Å². The molecule has 38 heavy (non-hydrogen) atoms. The Labute approximate surface area is 223 Å². The van der Waals surface area contributed by atoms with Crippen LogP contribution >= 0.6 is 9.91 Å². The first-order chi connectivity index (χ1) is 17.9. The molecule has 3 aromatic rings. The van der Waals surface area contributed by atoms with E-state index in [0.717, 1.165) is 22.3 Å². The molecular formula is C29H36N2O6S. The number of carboxylic acids is 1. The topological polar surface area (TPSA) is 142 Å². The molecule has 9 heteroatoms. The average molecular weight is 541 g/mol. The summed E-state index contributed by atoms with van der Waals surface area (Å²) in [5, 5.41) is 9.72. The van der Waals surface area contributed by atoms with Crippen molar-refractivity contribution in [2.24, 2.45) is 5.73 Å². The van der Waals surface area contributed by atoms with E-state index in [2.05, 4.69) is 4.72 Å². The normalized spacial score (nSPS) is 19.6. The van der Waals surface area contributed by atoms with E-state index in [1.807, 2.05) is 45.0 Å². The van der Waals surface area contributed by atoms with Gasteiger partial charge in [-0.05, 0) is 72.4 Å². The molecule has 3 aromatic carbocycles. The number of ether oxygens (including phenoxy) is 1. The van der Waals surface area contributed by atoms with Crippen LogP contribution < -0.4 is 15.2 Å². The number of nitrogens with one attached hydrogen (secondary N) is 1. The standard InChI is InChI=1S/C29H36N2O6S/c1-4-23-16-31-38(35,36,27-8-6-5-7-26(27)37-23)17-22-14-20(10-9-18(22)2)25(15-28(32)33)24-12-11-21(29(30)34)13-19(24)3/h5-14,23,25,31,35-36,38H,4,15-17H2,1-3H3,(H2,30,34)(H,32,33)/t23-,25?/m1/s1. The predicted octanol–water partition coefficient (Wildman–Crippen LogP) is 5.26. The van der Waals surface area contributed by atoms with Crippen LogP contribution in [0, 0.1) is 13.8 Å². The van der Waals surface area contributed by atoms with Gasteiger partial charge in [0, 0.05) is 23.8 Å². The van der Waals surface area contributed by atoms with Gasteiger partial charge < -0.3 is 24.7 Å². The molecule has 1 aliphatic heterocycles. The lowest BCUT2D eigenvalue weighted by Crippen LogP contribution is -2.38. The van der Waals surface area contributed by atoms with Crippen LogP contribution in [0.4, 0.5) is 0 Å². The highest BCUT2D eigenvalue weighted by atomic mass is 32.3. The van der Waals surface area contributed by atoms with E-state index in [0.29, 0.717) is 28.2 Å². The smallest absolute Gasteiger partial charge is 0.304 e. The summed E-state index contributed by atoms with van der Waals surface area (Å²) in [5.41, 5.74) is 9.57. The van der Waals surface area contributed by atoms with Gasteiger partial charge in [-0.25, -0.2) is 14.6 Å². The molecule has 2 atom stereocenters. The SMILES string of the molecule is CC[C@@H]1CN[SH](O)(O)(Cc2cc(C(CC(=O)O)c3ccc(C(N)=O)cc3C)ccc2C)c2ccccc2O1. The number of carbonyl (C=O) groups is 2. The molecular weight excluding hydrogens is 504 g/mol. The number of primary amides is 1. The molecule has 0 saturated carbocycles. The molecule has 0 saturated heterocycles. The molecule has 0 aliphatic carbocycles. The number of benzene rings is 3. The van der Waals surface area contributed by atoms with Gasteiger partial charge in [0.25, 0.3) is 0 Å². The van der Waals surface area contributed by atoms with Gasteiger partial charge in [0.1, 0.15) is 11.9 Å². The maximum absolute atomic E-state index is 12.0. The zero-order chi connectivity index (χ0) is 27.7. The van der Waals surface area contributed by atoms with Crippen LogP contribution in [-0.2, 0) is 10.5 Å². The molecule has 0 spiro atoms. The Bertz CT molecular complexity index is 1390. The lowest BCUT2D eigenvalue weighted by molar-refractivity contribution is -0.137. The first-order valence-corrected chi connectivity index (χ1v) is 15.0. The molecule has 1 amide bonds. The molecule has 1 unspecified atom stereocenters. The summed E-state index contributed by atoms with van der Waals surface area (Å²) < 4.78 is 33.2. The van der Waals surface area contributed by atoms with Crippen LogP contribution in [0.2, 0.25) is 0 Å². The number of rotatable bonds is 8. The Morgan fingerprint density at radius 3 is 2.47 bits per heavy atom. The highest BCUT2D eigenvalue weighted by Crippen LogP contribution is 2.70. The number of para-hydroxylation sites is 1. The van der Waals surface area contributed by atoms with E-state index < -0.39 is 27.7 Å². The van der Waals surface area contributed by atoms with Crippen molar-refractivity contribution >= 4 is 21.8 Å². The summed E-state index contributed by atoms with van der Waals surface area (Å²) in [6.45, 7) is 5.98. The molecule has 1 heterocycles. The van der Waals surface area contributed by atoms with Gasteiger partial charge in [-0.2, -0.15) is 0 Å². The van der Waals surface area contributed by atoms with Crippen molar-refractivity contribution in [3.63, 3.8) is 0 Å². The third-order valence-electron chi connectivity index (χ3n) is 7.33. The monoisotopic (exact) mass is 540 g/mol. The minimum absolute atomic E-state index is 0.0680. The Kier molecular flexibility index (Phi) is 7.58. The average Bonchev–Trinajstić information content (AvgIpc) is 2.98. The third kappa shape index (κ3) is 5.56. The second kappa shape index (κ2) is 10.4. The van der Waals surface area contributed by atoms with Crippen molar-refractivity contribution in [2.45, 2.75) is 56.3 Å². The fourth-order valence-electron chi connectivity index (χ4n) is 5.12. The first-order valence-electron chi connectivity index (χ1n) is 12.6. The summed E-state index contributed by atoms with van der Waals surface area (Å²) >= 11 is 0. The summed E-state index contributed by atoms with van der Waals surface area (Å²) in [7, 11) is -4.68. The maximum Gasteiger partial charge on any atom is 0.304 e. The van der Waals surface area contributed by atoms with Crippen LogP contribution in [0.1, 0.15) is 63.9 Å². The van der Waals surface area contributed by atoms with Crippen molar-refractivity contribution in [1.82, 2.24) is 4.72 Å². The largest absolute Gasteiger partial charge is 0.487 e. The lowest BCUT2D eigenvalue weighted by Gasteiger charge is -2.59. The Balaban J connectivity index is 1.79. The van der Waals surface area contributed by atoms with Gasteiger partial charge >= 0.3 is 5.97 Å². The van der Waals surface area contributed by atoms with Gasteiger partial charge in [0.05, 0.1) is 11.3 Å². The van der Waals surface area contributed by atoms with Crippen LogP contribution in [0.5, 0.6) is 5.75 Å². The van der Waals surface area contributed by atoms with Crippen LogP contribution in [0.25, 0.3) is 0 Å². The van der Waals surface area contributed by atoms with E-state index in [9.17, 15) is 23.8 Å². The van der Waals surface area contributed by atoms with Gasteiger partial charge in [0.2, 0.25) is 5.91 Å². The van der Waals surface area contributed by atoms with Crippen molar-refractivity contribution < 1.29 is 28.5 Å². The molecule has 204 valence electrons. The molecule has 1 aliphatic rings. The molecule has 0 fully saturated rings. The Morgan fingerprint density at radius 2 is 1.82 bits per heavy atom. The number of aryl methyl sites for hydroxylation is 2. The fraction of sp³-hybridized carbons (Fsp3) is 0.310. The minimum atomic E-state index is -4.68. The minimum Gasteiger partial charge on any atom is -0.487 e. The van der Waals surface area contributed by atoms with Gasteiger partial charge in [-0.1, -0.05) is 43.3 Å². The molecule has 0 aromatic heterocycles. The number of hydrogen-bond acceptors (Lipinski definition) is 6. The zero-order valence-corrected chi connectivity index (χ0v) is 22.7. The van der Waals surface area contributed by atoms with E-state index in [1.54, 1.807) is 36.4 Å². The molecule has 8 nitrogen and oxygen atoms in total. The zero-order valence-electron chi connectivity index (χ0n) is 21.8. The number of nitrogens with two attached hydrogens (primary N) is 1. The number of carboxylic acid groups (broad SMARTS) is 1. The lowest BCUT2D eigenvalue weighted by atomic mass is 9.84. The summed E-state index contributed by atoms with van der Waals surface area (Å²) in [6.07, 6.45) is 0.319. The van der Waals surface area contributed by atoms with E-state index >= 15 is 0 Å². The van der Waals surface area contributed by atoms with Crippen molar-refractivity contribution in [1.29, 1.82) is 0 Å². The number of amides is 1. The number of thiol groups is 1. The number of carbonyl (C=O) groups excluding carboxylic acids is 1. The number of hydrogen-bond donors (Lipinski definition) is 6. The van der Waals surface area contributed by atoms with Crippen LogP contribution in [0.15, 0.2) is 65.6 Å².